The van der Waals surface area contributed by atoms with Crippen molar-refractivity contribution in [1.29, 1.82) is 0 Å². The summed E-state index contributed by atoms with van der Waals surface area (Å²) in [4.78, 5) is 54.0. The van der Waals surface area contributed by atoms with Gasteiger partial charge in [0.05, 0.1) is 51.4 Å². The van der Waals surface area contributed by atoms with Crippen molar-refractivity contribution >= 4 is 23.1 Å². The summed E-state index contributed by atoms with van der Waals surface area (Å²) in [7, 11) is 0. The SMILES string of the molecule is CC1(C)CC(=O)CC(C)(C)[N+]1(O)C(=C([N+]1(O)C(C)(C)CC(=O)CC1(C)C)[N+]1(O)C(C)(C)CC(=O)CC1(C)C)[N+]1(O)C(C)(C)CC(=O)CC1(C)C. The minimum absolute atomic E-state index is 0.0864. The number of carbonyl (C=O) groups is 4. The second kappa shape index (κ2) is 10.8. The first-order chi connectivity index (χ1) is 21.9. The highest BCUT2D eigenvalue weighted by atomic mass is 16.6. The van der Waals surface area contributed by atoms with Crippen molar-refractivity contribution in [2.24, 2.45) is 0 Å². The van der Waals surface area contributed by atoms with Crippen molar-refractivity contribution in [3.05, 3.63) is 11.6 Å². The quantitative estimate of drug-likeness (QED) is 0.238. The van der Waals surface area contributed by atoms with Gasteiger partial charge in [0.2, 0.25) is 0 Å². The molecule has 0 aromatic rings. The van der Waals surface area contributed by atoms with Crippen LogP contribution in [0.15, 0.2) is 11.6 Å². The van der Waals surface area contributed by atoms with Crippen LogP contribution in [0.4, 0.5) is 0 Å². The second-order valence-corrected chi connectivity index (χ2v) is 21.3. The minimum Gasteiger partial charge on any atom is -0.299 e. The molecule has 0 bridgehead atoms. The van der Waals surface area contributed by atoms with Gasteiger partial charge >= 0.3 is 11.6 Å². The third kappa shape index (κ3) is 4.92. The molecular weight excluding hydrogens is 640 g/mol. The van der Waals surface area contributed by atoms with Crippen LogP contribution in [-0.4, -0.2) is 107 Å². The third-order valence-electron chi connectivity index (χ3n) is 13.5. The van der Waals surface area contributed by atoms with E-state index in [1.54, 1.807) is 111 Å². The highest BCUT2D eigenvalue weighted by Crippen LogP contribution is 2.63. The van der Waals surface area contributed by atoms with E-state index < -0.39 is 62.9 Å². The predicted molar refractivity (Wildman–Crippen MR) is 185 cm³/mol. The third-order valence-corrected chi connectivity index (χ3v) is 13.5. The fraction of sp³-hybridized carbons (Fsp3) is 0.842. The molecule has 4 rings (SSSR count). The summed E-state index contributed by atoms with van der Waals surface area (Å²) < 4.78 is -4.28. The number of piperidine rings is 4. The topological polar surface area (TPSA) is 149 Å². The number of hydroxylamine groups is 12. The summed E-state index contributed by atoms with van der Waals surface area (Å²) >= 11 is 0. The van der Waals surface area contributed by atoms with Gasteiger partial charge in [0.15, 0.2) is 0 Å². The summed E-state index contributed by atoms with van der Waals surface area (Å²) in [5.74, 6) is -0.647. The maximum atomic E-state index is 14.1. The van der Waals surface area contributed by atoms with Gasteiger partial charge in [-0.3, -0.25) is 19.2 Å². The van der Waals surface area contributed by atoms with Crippen molar-refractivity contribution in [2.75, 3.05) is 0 Å². The van der Waals surface area contributed by atoms with E-state index in [0.29, 0.717) is 0 Å². The highest BCUT2D eigenvalue weighted by molar-refractivity contribution is 5.82. The monoisotopic (exact) mass is 709 g/mol. The molecule has 4 aliphatic heterocycles. The molecule has 50 heavy (non-hydrogen) atoms. The molecule has 0 aromatic heterocycles. The van der Waals surface area contributed by atoms with Crippen LogP contribution in [0, 0.1) is 0 Å². The first-order valence-corrected chi connectivity index (χ1v) is 18.2. The van der Waals surface area contributed by atoms with Crippen LogP contribution in [-0.2, 0) is 19.2 Å². The first-order valence-electron chi connectivity index (χ1n) is 18.2. The molecule has 4 saturated heterocycles. The van der Waals surface area contributed by atoms with E-state index in [1.165, 1.54) is 0 Å². The zero-order chi connectivity index (χ0) is 39.1. The molecule has 284 valence electrons. The highest BCUT2D eigenvalue weighted by Gasteiger charge is 2.86. The van der Waals surface area contributed by atoms with E-state index in [4.69, 9.17) is 0 Å². The van der Waals surface area contributed by atoms with Gasteiger partial charge in [0.25, 0.3) is 0 Å². The number of carbonyl (C=O) groups excluding carboxylic acids is 4. The molecule has 0 aliphatic carbocycles. The summed E-state index contributed by atoms with van der Waals surface area (Å²) in [5, 5.41) is 56.4. The number of likely N-dealkylation sites (tertiary alicyclic amines) is 4. The van der Waals surface area contributed by atoms with Gasteiger partial charge in [-0.2, -0.15) is 0 Å². The number of rotatable bonds is 4. The predicted octanol–water partition coefficient (Wildman–Crippen LogP) is 6.62. The lowest BCUT2D eigenvalue weighted by Crippen LogP contribution is -2.87. The second-order valence-electron chi connectivity index (χ2n) is 21.3. The van der Waals surface area contributed by atoms with Gasteiger partial charge in [-0.25, -0.2) is 20.8 Å². The zero-order valence-electron chi connectivity index (χ0n) is 33.9. The van der Waals surface area contributed by atoms with E-state index in [2.05, 4.69) is 0 Å². The fourth-order valence-electron chi connectivity index (χ4n) is 11.6. The Balaban J connectivity index is 2.55. The molecule has 0 amide bonds. The normalized spacial score (nSPS) is 31.8. The molecule has 0 aromatic carbocycles. The van der Waals surface area contributed by atoms with E-state index in [9.17, 15) is 40.0 Å². The number of hydrogen-bond acceptors (Lipinski definition) is 8. The number of nitrogens with zero attached hydrogens (tertiary/aromatic N) is 4. The molecule has 4 aliphatic rings. The molecule has 4 fully saturated rings. The molecule has 12 heteroatoms. The van der Waals surface area contributed by atoms with Gasteiger partial charge in [0, 0.05) is 0 Å². The van der Waals surface area contributed by atoms with E-state index in [0.717, 1.165) is 0 Å². The Morgan fingerprint density at radius 2 is 0.420 bits per heavy atom. The van der Waals surface area contributed by atoms with Gasteiger partial charge in [-0.15, -0.1) is 0 Å². The molecule has 12 nitrogen and oxygen atoms in total. The molecule has 0 saturated carbocycles. The van der Waals surface area contributed by atoms with Gasteiger partial charge in [0.1, 0.15) is 67.4 Å². The van der Waals surface area contributed by atoms with Crippen LogP contribution in [0.2, 0.25) is 0 Å². The Labute approximate surface area is 299 Å². The Kier molecular flexibility index (Phi) is 8.86. The Hall–Kier alpha value is -1.90. The van der Waals surface area contributed by atoms with Crippen molar-refractivity contribution in [1.82, 2.24) is 0 Å². The lowest BCUT2D eigenvalue weighted by atomic mass is 9.72. The van der Waals surface area contributed by atoms with Crippen LogP contribution in [0.25, 0.3) is 0 Å². The number of Topliss-reactive ketones (excluding diaryl/α,β-unsaturated/α-hetero) is 4. The van der Waals surface area contributed by atoms with Crippen LogP contribution < -0.4 is 0 Å². The summed E-state index contributed by atoms with van der Waals surface area (Å²) in [6.45, 7) is 28.0. The molecule has 4 N–H and O–H groups in total. The minimum atomic E-state index is -1.35. The van der Waals surface area contributed by atoms with Crippen LogP contribution >= 0.6 is 0 Å². The number of ketones is 4. The smallest absolute Gasteiger partial charge is 0.299 e. The summed E-state index contributed by atoms with van der Waals surface area (Å²) in [6, 6.07) is 0. The lowest BCUT2D eigenvalue weighted by molar-refractivity contribution is -1.31. The average molecular weight is 709 g/mol. The van der Waals surface area contributed by atoms with E-state index in [-0.39, 0.29) is 86.1 Å². The van der Waals surface area contributed by atoms with Crippen LogP contribution in [0.3, 0.4) is 0 Å². The Morgan fingerprint density at radius 1 is 0.320 bits per heavy atom. The molecule has 0 unspecified atom stereocenters. The Morgan fingerprint density at radius 3 is 0.520 bits per heavy atom. The summed E-state index contributed by atoms with van der Waals surface area (Å²) in [6.07, 6.45) is -0.691. The summed E-state index contributed by atoms with van der Waals surface area (Å²) in [5.41, 5.74) is -10.8. The molecule has 4 heterocycles. The Bertz CT molecular complexity index is 1260. The molecule has 0 atom stereocenters. The fourth-order valence-corrected chi connectivity index (χ4v) is 11.6. The van der Waals surface area contributed by atoms with Crippen LogP contribution in [0.1, 0.15) is 162 Å². The van der Waals surface area contributed by atoms with Crippen molar-refractivity contribution in [2.45, 2.75) is 206 Å². The lowest BCUT2D eigenvalue weighted by Gasteiger charge is -2.64. The van der Waals surface area contributed by atoms with Crippen molar-refractivity contribution < 1.29 is 58.6 Å². The molecule has 0 spiro atoms. The molecular formula is C38H68N4O8+4. The zero-order valence-corrected chi connectivity index (χ0v) is 33.9. The van der Waals surface area contributed by atoms with E-state index in [1.807, 2.05) is 0 Å². The number of quaternary nitrogens is 4. The maximum Gasteiger partial charge on any atom is 0.489 e. The van der Waals surface area contributed by atoms with E-state index >= 15 is 0 Å². The van der Waals surface area contributed by atoms with Gasteiger partial charge in [-0.1, -0.05) is 18.6 Å². The maximum absolute atomic E-state index is 14.1. The number of hydrogen-bond donors (Lipinski definition) is 4. The van der Waals surface area contributed by atoms with Gasteiger partial charge < -0.3 is 0 Å². The standard InChI is InChI=1S/C38H68N4O8/c1-31(2)17-25(43)18-32(3,4)39(31,47)29(40(48)33(5,6)19-26(44)20-34(40,7)8)30(41(49)35(9,10)21-27(45)22-36(41,11)12)42(50)37(13,14)23-28(46)24-38(42,15)16/h47-50H,17-24H2,1-16H3/q+4. The van der Waals surface area contributed by atoms with Crippen molar-refractivity contribution in [3.8, 4) is 0 Å². The van der Waals surface area contributed by atoms with Crippen LogP contribution in [0.5, 0.6) is 0 Å². The average Bonchev–Trinajstić information content (AvgIpc) is 2.83. The molecule has 0 radical (unpaired) electrons. The van der Waals surface area contributed by atoms with Crippen molar-refractivity contribution in [3.63, 3.8) is 0 Å². The largest absolute Gasteiger partial charge is 0.489 e. The van der Waals surface area contributed by atoms with Gasteiger partial charge in [-0.05, 0) is 111 Å². The first kappa shape index (κ1) is 40.9.